The predicted octanol–water partition coefficient (Wildman–Crippen LogP) is 2.95. The van der Waals surface area contributed by atoms with Crippen molar-refractivity contribution in [2.75, 3.05) is 31.1 Å². The molecule has 0 aromatic carbocycles. The number of rotatable bonds is 2. The van der Waals surface area contributed by atoms with Gasteiger partial charge in [0.25, 0.3) is 5.91 Å². The minimum Gasteiger partial charge on any atom is -0.459 e. The maximum absolute atomic E-state index is 12.5. The molecule has 1 aliphatic heterocycles. The quantitative estimate of drug-likeness (QED) is 0.716. The van der Waals surface area contributed by atoms with Crippen LogP contribution in [-0.2, 0) is 0 Å². The first-order valence-corrected chi connectivity index (χ1v) is 8.88. The van der Waals surface area contributed by atoms with Crippen molar-refractivity contribution >= 4 is 33.3 Å². The molecular formula is C17H18N4O2S. The van der Waals surface area contributed by atoms with Gasteiger partial charge in [0.1, 0.15) is 12.1 Å². The highest BCUT2D eigenvalue weighted by molar-refractivity contribution is 7.18. The van der Waals surface area contributed by atoms with Crippen molar-refractivity contribution < 1.29 is 9.21 Å². The van der Waals surface area contributed by atoms with Crippen LogP contribution in [-0.4, -0.2) is 47.0 Å². The van der Waals surface area contributed by atoms with Gasteiger partial charge in [-0.25, -0.2) is 9.97 Å². The van der Waals surface area contributed by atoms with Crippen molar-refractivity contribution in [1.29, 1.82) is 0 Å². The van der Waals surface area contributed by atoms with Crippen molar-refractivity contribution in [3.8, 4) is 0 Å². The summed E-state index contributed by atoms with van der Waals surface area (Å²) in [5.74, 6) is 1.34. The summed E-state index contributed by atoms with van der Waals surface area (Å²) >= 11 is 1.68. The van der Waals surface area contributed by atoms with Crippen LogP contribution in [0, 0.1) is 6.92 Å². The van der Waals surface area contributed by atoms with E-state index in [0.717, 1.165) is 42.1 Å². The summed E-state index contributed by atoms with van der Waals surface area (Å²) in [6, 6.07) is 3.46. The molecule has 4 rings (SSSR count). The normalized spacial score (nSPS) is 15.7. The van der Waals surface area contributed by atoms with Crippen LogP contribution in [0.4, 0.5) is 5.82 Å². The van der Waals surface area contributed by atoms with Crippen molar-refractivity contribution in [3.05, 3.63) is 41.4 Å². The Morgan fingerprint density at radius 3 is 3.00 bits per heavy atom. The molecular weight excluding hydrogens is 324 g/mol. The van der Waals surface area contributed by atoms with Crippen LogP contribution in [0.25, 0.3) is 10.2 Å². The SMILES string of the molecule is Cc1csc2c(N3CCCN(C(=O)c4ccco4)CC3)ncnc12. The number of hydrogen-bond acceptors (Lipinski definition) is 6. The molecule has 0 radical (unpaired) electrons. The highest BCUT2D eigenvalue weighted by atomic mass is 32.1. The molecule has 0 aliphatic carbocycles. The first-order valence-electron chi connectivity index (χ1n) is 8.00. The molecule has 124 valence electrons. The van der Waals surface area contributed by atoms with E-state index in [9.17, 15) is 4.79 Å². The lowest BCUT2D eigenvalue weighted by molar-refractivity contribution is 0.0735. The minimum absolute atomic E-state index is 0.0401. The largest absolute Gasteiger partial charge is 0.459 e. The Kier molecular flexibility index (Phi) is 3.93. The van der Waals surface area contributed by atoms with E-state index in [1.165, 1.54) is 11.8 Å². The van der Waals surface area contributed by atoms with Crippen LogP contribution in [0.3, 0.4) is 0 Å². The molecule has 0 bridgehead atoms. The lowest BCUT2D eigenvalue weighted by atomic mass is 10.3. The minimum atomic E-state index is -0.0401. The number of aromatic nitrogens is 2. The lowest BCUT2D eigenvalue weighted by Crippen LogP contribution is -2.35. The van der Waals surface area contributed by atoms with Gasteiger partial charge in [-0.1, -0.05) is 0 Å². The second-order valence-corrected chi connectivity index (χ2v) is 6.78. The number of carbonyl (C=O) groups excluding carboxylic acids is 1. The van der Waals surface area contributed by atoms with Gasteiger partial charge in [-0.05, 0) is 36.4 Å². The standard InChI is InChI=1S/C17H18N4O2S/c1-12-10-24-15-14(12)18-11-19-16(15)20-5-3-6-21(8-7-20)17(22)13-4-2-9-23-13/h2,4,9-11H,3,5-8H2,1H3. The third-order valence-corrected chi connectivity index (χ3v) is 5.41. The number of anilines is 1. The van der Waals surface area contributed by atoms with E-state index >= 15 is 0 Å². The fourth-order valence-corrected chi connectivity index (χ4v) is 4.09. The van der Waals surface area contributed by atoms with Gasteiger partial charge in [0.15, 0.2) is 5.76 Å². The van der Waals surface area contributed by atoms with E-state index in [1.807, 2.05) is 4.90 Å². The van der Waals surface area contributed by atoms with Gasteiger partial charge < -0.3 is 14.2 Å². The molecule has 0 unspecified atom stereocenters. The first-order chi connectivity index (χ1) is 11.7. The van der Waals surface area contributed by atoms with Gasteiger partial charge in [0.05, 0.1) is 16.5 Å². The van der Waals surface area contributed by atoms with E-state index in [2.05, 4.69) is 27.2 Å². The maximum Gasteiger partial charge on any atom is 0.289 e. The monoisotopic (exact) mass is 342 g/mol. The molecule has 3 aromatic heterocycles. The van der Waals surface area contributed by atoms with Gasteiger partial charge in [-0.2, -0.15) is 0 Å². The molecule has 1 fully saturated rings. The van der Waals surface area contributed by atoms with E-state index in [0.29, 0.717) is 12.3 Å². The zero-order valence-corrected chi connectivity index (χ0v) is 14.3. The first kappa shape index (κ1) is 15.1. The topological polar surface area (TPSA) is 62.5 Å². The Bertz CT molecular complexity index is 859. The Labute approximate surface area is 143 Å². The molecule has 0 N–H and O–H groups in total. The van der Waals surface area contributed by atoms with Crippen LogP contribution >= 0.6 is 11.3 Å². The molecule has 0 spiro atoms. The number of aryl methyl sites for hydroxylation is 1. The van der Waals surface area contributed by atoms with Crippen molar-refractivity contribution in [3.63, 3.8) is 0 Å². The number of carbonyl (C=O) groups is 1. The van der Waals surface area contributed by atoms with Crippen LogP contribution in [0.5, 0.6) is 0 Å². The van der Waals surface area contributed by atoms with Gasteiger partial charge in [0.2, 0.25) is 0 Å². The van der Waals surface area contributed by atoms with Crippen molar-refractivity contribution in [1.82, 2.24) is 14.9 Å². The average molecular weight is 342 g/mol. The molecule has 1 saturated heterocycles. The second-order valence-electron chi connectivity index (χ2n) is 5.90. The summed E-state index contributed by atoms with van der Waals surface area (Å²) in [7, 11) is 0. The second kappa shape index (κ2) is 6.24. The number of fused-ring (bicyclic) bond motifs is 1. The smallest absolute Gasteiger partial charge is 0.289 e. The zero-order chi connectivity index (χ0) is 16.5. The van der Waals surface area contributed by atoms with Crippen molar-refractivity contribution in [2.24, 2.45) is 0 Å². The molecule has 0 atom stereocenters. The van der Waals surface area contributed by atoms with Gasteiger partial charge >= 0.3 is 0 Å². The summed E-state index contributed by atoms with van der Waals surface area (Å²) < 4.78 is 6.36. The average Bonchev–Trinajstić information content (AvgIpc) is 3.19. The van der Waals surface area contributed by atoms with E-state index in [4.69, 9.17) is 4.42 Å². The molecule has 7 heteroatoms. The van der Waals surface area contributed by atoms with Crippen molar-refractivity contribution in [2.45, 2.75) is 13.3 Å². The number of amides is 1. The number of thiophene rings is 1. The zero-order valence-electron chi connectivity index (χ0n) is 13.4. The Balaban J connectivity index is 1.55. The molecule has 3 aromatic rings. The summed E-state index contributed by atoms with van der Waals surface area (Å²) in [5, 5.41) is 2.12. The molecule has 24 heavy (non-hydrogen) atoms. The van der Waals surface area contributed by atoms with E-state index in [1.54, 1.807) is 29.8 Å². The Morgan fingerprint density at radius 1 is 1.25 bits per heavy atom. The number of furan rings is 1. The summed E-state index contributed by atoms with van der Waals surface area (Å²) in [5.41, 5.74) is 2.21. The van der Waals surface area contributed by atoms with E-state index < -0.39 is 0 Å². The summed E-state index contributed by atoms with van der Waals surface area (Å²) in [6.07, 6.45) is 4.07. The highest BCUT2D eigenvalue weighted by Gasteiger charge is 2.23. The maximum atomic E-state index is 12.5. The lowest BCUT2D eigenvalue weighted by Gasteiger charge is -2.22. The van der Waals surface area contributed by atoms with Gasteiger partial charge in [0, 0.05) is 26.2 Å². The molecule has 1 amide bonds. The third kappa shape index (κ3) is 2.65. The Hall–Kier alpha value is -2.41. The van der Waals surface area contributed by atoms with Gasteiger partial charge in [-0.3, -0.25) is 4.79 Å². The predicted molar refractivity (Wildman–Crippen MR) is 93.6 cm³/mol. The number of hydrogen-bond donors (Lipinski definition) is 0. The highest BCUT2D eigenvalue weighted by Crippen LogP contribution is 2.31. The van der Waals surface area contributed by atoms with Crippen LogP contribution in [0.2, 0.25) is 0 Å². The van der Waals surface area contributed by atoms with Gasteiger partial charge in [-0.15, -0.1) is 11.3 Å². The summed E-state index contributed by atoms with van der Waals surface area (Å²) in [4.78, 5) is 25.5. The molecule has 4 heterocycles. The van der Waals surface area contributed by atoms with E-state index in [-0.39, 0.29) is 5.91 Å². The van der Waals surface area contributed by atoms with Crippen LogP contribution in [0.1, 0.15) is 22.5 Å². The third-order valence-electron chi connectivity index (χ3n) is 4.33. The summed E-state index contributed by atoms with van der Waals surface area (Å²) in [6.45, 7) is 5.10. The Morgan fingerprint density at radius 2 is 2.17 bits per heavy atom. The van der Waals surface area contributed by atoms with Crippen LogP contribution < -0.4 is 4.90 Å². The molecule has 1 aliphatic rings. The molecule has 0 saturated carbocycles. The number of nitrogens with zero attached hydrogens (tertiary/aromatic N) is 4. The molecule has 6 nitrogen and oxygen atoms in total. The fraction of sp³-hybridized carbons (Fsp3) is 0.353. The fourth-order valence-electron chi connectivity index (χ4n) is 3.07. The van der Waals surface area contributed by atoms with Crippen LogP contribution in [0.15, 0.2) is 34.5 Å².